The number of unbranched alkanes of at least 4 members (excludes halogenated alkanes) is 10. The predicted molar refractivity (Wildman–Crippen MR) is 188 cm³/mol. The lowest BCUT2D eigenvalue weighted by molar-refractivity contribution is 0.0944. The number of amides is 2. The average molecular weight is 607 g/mol. The Balaban J connectivity index is 1.63. The third-order valence-corrected chi connectivity index (χ3v) is 8.42. The highest BCUT2D eigenvalue weighted by atomic mass is 16.2. The van der Waals surface area contributed by atoms with E-state index in [1.165, 1.54) is 77.0 Å². The Morgan fingerprint density at radius 3 is 1.16 bits per heavy atom. The zero-order chi connectivity index (χ0) is 31.8. The molecule has 0 aliphatic rings. The minimum absolute atomic E-state index is 0.0317. The van der Waals surface area contributed by atoms with E-state index in [0.717, 1.165) is 50.1 Å². The van der Waals surface area contributed by atoms with Gasteiger partial charge in [0.05, 0.1) is 0 Å². The van der Waals surface area contributed by atoms with E-state index in [4.69, 9.17) is 0 Å². The van der Waals surface area contributed by atoms with Crippen molar-refractivity contribution >= 4 is 11.8 Å². The van der Waals surface area contributed by atoms with Crippen LogP contribution < -0.4 is 10.6 Å². The van der Waals surface area contributed by atoms with Crippen LogP contribution in [-0.4, -0.2) is 75.0 Å². The first kappa shape index (κ1) is 37.5. The lowest BCUT2D eigenvalue weighted by Crippen LogP contribution is -2.28. The summed E-state index contributed by atoms with van der Waals surface area (Å²) < 4.78 is 0. The molecule has 0 spiro atoms. The fraction of sp³-hybridized carbons (Fsp3) is 0.632. The fourth-order valence-electron chi connectivity index (χ4n) is 5.48. The van der Waals surface area contributed by atoms with Gasteiger partial charge in [-0.15, -0.1) is 0 Å². The Labute approximate surface area is 269 Å². The molecule has 0 bridgehead atoms. The largest absolute Gasteiger partial charge is 0.352 e. The summed E-state index contributed by atoms with van der Waals surface area (Å²) in [5.74, 6) is -0.0634. The van der Waals surface area contributed by atoms with Gasteiger partial charge in [-0.05, 0) is 101 Å². The zero-order valence-corrected chi connectivity index (χ0v) is 28.5. The van der Waals surface area contributed by atoms with Gasteiger partial charge in [-0.2, -0.15) is 0 Å². The highest BCUT2D eigenvalue weighted by Gasteiger charge is 2.09. The fourth-order valence-corrected chi connectivity index (χ4v) is 5.48. The van der Waals surface area contributed by atoms with Crippen LogP contribution in [0.15, 0.2) is 48.5 Å². The van der Waals surface area contributed by atoms with E-state index in [9.17, 15) is 9.59 Å². The molecule has 2 amide bonds. The van der Waals surface area contributed by atoms with Crippen molar-refractivity contribution in [3.63, 3.8) is 0 Å². The number of hydrogen-bond donors (Lipinski definition) is 2. The molecule has 0 saturated heterocycles. The Hall–Kier alpha value is -2.70. The van der Waals surface area contributed by atoms with Crippen LogP contribution in [0, 0.1) is 0 Å². The van der Waals surface area contributed by atoms with E-state index in [1.54, 1.807) is 0 Å². The maximum atomic E-state index is 12.6. The third-order valence-electron chi connectivity index (χ3n) is 8.42. The third kappa shape index (κ3) is 16.4. The first-order chi connectivity index (χ1) is 21.4. The first-order valence-electron chi connectivity index (χ1n) is 17.6. The molecule has 2 rings (SSSR count). The van der Waals surface area contributed by atoms with Gasteiger partial charge in [0.25, 0.3) is 11.8 Å². The minimum atomic E-state index is -0.0317. The van der Waals surface area contributed by atoms with Gasteiger partial charge >= 0.3 is 0 Å². The van der Waals surface area contributed by atoms with E-state index in [-0.39, 0.29) is 11.8 Å². The van der Waals surface area contributed by atoms with Crippen LogP contribution in [0.25, 0.3) is 11.1 Å². The maximum Gasteiger partial charge on any atom is 0.251 e. The Morgan fingerprint density at radius 1 is 0.477 bits per heavy atom. The summed E-state index contributed by atoms with van der Waals surface area (Å²) in [5, 5.41) is 6.11. The first-order valence-corrected chi connectivity index (χ1v) is 17.6. The molecule has 2 aromatic carbocycles. The lowest BCUT2D eigenvalue weighted by Gasteiger charge is -2.16. The van der Waals surface area contributed by atoms with Crippen molar-refractivity contribution in [1.29, 1.82) is 0 Å². The average Bonchev–Trinajstić information content (AvgIpc) is 3.04. The van der Waals surface area contributed by atoms with Gasteiger partial charge in [-0.3, -0.25) is 9.59 Å². The van der Waals surface area contributed by atoms with Crippen molar-refractivity contribution in [1.82, 2.24) is 20.4 Å². The summed E-state index contributed by atoms with van der Waals surface area (Å²) >= 11 is 0. The number of rotatable bonds is 25. The van der Waals surface area contributed by atoms with Crippen LogP contribution in [0.1, 0.15) is 124 Å². The number of carbonyl (C=O) groups is 2. The van der Waals surface area contributed by atoms with E-state index < -0.39 is 0 Å². The zero-order valence-electron chi connectivity index (χ0n) is 28.5. The lowest BCUT2D eigenvalue weighted by atomic mass is 10.0. The van der Waals surface area contributed by atoms with Crippen molar-refractivity contribution in [2.75, 3.05) is 53.4 Å². The van der Waals surface area contributed by atoms with Gasteiger partial charge in [-0.25, -0.2) is 0 Å². The van der Waals surface area contributed by atoms with E-state index in [2.05, 4.69) is 48.4 Å². The van der Waals surface area contributed by atoms with Gasteiger partial charge in [0, 0.05) is 24.2 Å². The van der Waals surface area contributed by atoms with E-state index in [0.29, 0.717) is 24.2 Å². The SMILES string of the molecule is CCCCCCCCN(C)CCCNC(=O)c1ccc(-c2ccc(C(=O)NCCCN(C)CCCCCCCC)cc2)cc1. The van der Waals surface area contributed by atoms with Crippen LogP contribution in [0.2, 0.25) is 0 Å². The molecule has 0 aliphatic carbocycles. The number of nitrogens with zero attached hydrogens (tertiary/aromatic N) is 2. The molecule has 0 unspecified atom stereocenters. The van der Waals surface area contributed by atoms with E-state index in [1.807, 2.05) is 48.5 Å². The molecule has 2 N–H and O–H groups in total. The molecular weight excluding hydrogens is 544 g/mol. The van der Waals surface area contributed by atoms with Crippen molar-refractivity contribution < 1.29 is 9.59 Å². The van der Waals surface area contributed by atoms with Gasteiger partial charge in [0.1, 0.15) is 0 Å². The monoisotopic (exact) mass is 606 g/mol. The van der Waals surface area contributed by atoms with Crippen molar-refractivity contribution in [2.45, 2.75) is 104 Å². The summed E-state index contributed by atoms with van der Waals surface area (Å²) in [4.78, 5) is 30.0. The topological polar surface area (TPSA) is 64.7 Å². The summed E-state index contributed by atoms with van der Waals surface area (Å²) in [6.07, 6.45) is 17.7. The molecule has 6 heteroatoms. The molecule has 0 aromatic heterocycles. The van der Waals surface area contributed by atoms with Crippen LogP contribution in [-0.2, 0) is 0 Å². The molecule has 0 saturated carbocycles. The highest BCUT2D eigenvalue weighted by molar-refractivity contribution is 5.95. The molecule has 0 radical (unpaired) electrons. The molecule has 2 aromatic rings. The quantitative estimate of drug-likeness (QED) is 0.112. The Morgan fingerprint density at radius 2 is 0.795 bits per heavy atom. The molecule has 246 valence electrons. The molecule has 0 aliphatic heterocycles. The molecular formula is C38H62N4O2. The van der Waals surface area contributed by atoms with Crippen LogP contribution in [0.3, 0.4) is 0 Å². The van der Waals surface area contributed by atoms with Gasteiger partial charge in [-0.1, -0.05) is 102 Å². The number of hydrogen-bond acceptors (Lipinski definition) is 4. The number of carbonyl (C=O) groups excluding carboxylic acids is 2. The second-order valence-electron chi connectivity index (χ2n) is 12.5. The molecule has 0 heterocycles. The molecule has 0 atom stereocenters. The van der Waals surface area contributed by atoms with Crippen molar-refractivity contribution in [3.05, 3.63) is 59.7 Å². The Kier molecular flexibility index (Phi) is 20.2. The van der Waals surface area contributed by atoms with Gasteiger partial charge < -0.3 is 20.4 Å². The highest BCUT2D eigenvalue weighted by Crippen LogP contribution is 2.20. The van der Waals surface area contributed by atoms with Crippen molar-refractivity contribution in [2.24, 2.45) is 0 Å². The van der Waals surface area contributed by atoms with Crippen LogP contribution in [0.4, 0.5) is 0 Å². The van der Waals surface area contributed by atoms with Gasteiger partial charge in [0.15, 0.2) is 0 Å². The summed E-state index contributed by atoms with van der Waals surface area (Å²) in [5.41, 5.74) is 3.39. The van der Waals surface area contributed by atoms with Crippen LogP contribution in [0.5, 0.6) is 0 Å². The number of nitrogens with one attached hydrogen (secondary N) is 2. The second kappa shape index (κ2) is 23.7. The molecule has 44 heavy (non-hydrogen) atoms. The van der Waals surface area contributed by atoms with Crippen molar-refractivity contribution in [3.8, 4) is 11.1 Å². The minimum Gasteiger partial charge on any atom is -0.352 e. The predicted octanol–water partition coefficient (Wildman–Crippen LogP) is 8.18. The van der Waals surface area contributed by atoms with Crippen LogP contribution >= 0.6 is 0 Å². The Bertz CT molecular complexity index is 939. The molecule has 6 nitrogen and oxygen atoms in total. The standard InChI is InChI=1S/C38H62N4O2/c1-5-7-9-11-13-15-29-41(3)31-17-27-39-37(43)35-23-19-33(20-24-35)34-21-25-36(26-22-34)38(44)40-28-18-32-42(4)30-16-14-12-10-8-6-2/h19-26H,5-18,27-32H2,1-4H3,(H,39,43)(H,40,44). The molecule has 0 fully saturated rings. The number of benzene rings is 2. The smallest absolute Gasteiger partial charge is 0.251 e. The summed E-state index contributed by atoms with van der Waals surface area (Å²) in [6, 6.07) is 15.4. The normalized spacial score (nSPS) is 11.3. The van der Waals surface area contributed by atoms with E-state index >= 15 is 0 Å². The second-order valence-corrected chi connectivity index (χ2v) is 12.5. The maximum absolute atomic E-state index is 12.6. The van der Waals surface area contributed by atoms with Gasteiger partial charge in [0.2, 0.25) is 0 Å². The summed E-state index contributed by atoms with van der Waals surface area (Å²) in [6.45, 7) is 10.1. The summed E-state index contributed by atoms with van der Waals surface area (Å²) in [7, 11) is 4.34.